The van der Waals surface area contributed by atoms with Crippen LogP contribution in [0.3, 0.4) is 0 Å². The molecule has 4 heteroatoms. The molecule has 3 nitrogen and oxygen atoms in total. The first-order valence-electron chi connectivity index (χ1n) is 5.52. The molecule has 2 atom stereocenters. The molecular weight excluding hydrogens is 220 g/mol. The summed E-state index contributed by atoms with van der Waals surface area (Å²) in [4.78, 5) is 15.1. The Kier molecular flexibility index (Phi) is 4.96. The lowest BCUT2D eigenvalue weighted by Gasteiger charge is -2.27. The third-order valence-electron chi connectivity index (χ3n) is 2.89. The van der Waals surface area contributed by atoms with E-state index in [2.05, 4.69) is 23.7 Å². The van der Waals surface area contributed by atoms with Crippen molar-refractivity contribution in [1.82, 2.24) is 10.2 Å². The highest BCUT2D eigenvalue weighted by molar-refractivity contribution is 7.09. The van der Waals surface area contributed by atoms with Crippen LogP contribution in [0.2, 0.25) is 0 Å². The molecule has 2 unspecified atom stereocenters. The van der Waals surface area contributed by atoms with Crippen molar-refractivity contribution in [3.63, 3.8) is 0 Å². The lowest BCUT2D eigenvalue weighted by atomic mass is 10.1. The Hall–Kier alpha value is -0.870. The van der Waals surface area contributed by atoms with E-state index in [1.54, 1.807) is 18.4 Å². The van der Waals surface area contributed by atoms with Gasteiger partial charge in [0.2, 0.25) is 5.91 Å². The van der Waals surface area contributed by atoms with E-state index in [0.29, 0.717) is 0 Å². The van der Waals surface area contributed by atoms with Gasteiger partial charge in [-0.05, 0) is 32.3 Å². The molecule has 0 saturated carbocycles. The zero-order valence-corrected chi connectivity index (χ0v) is 11.2. The van der Waals surface area contributed by atoms with Crippen molar-refractivity contribution in [3.8, 4) is 0 Å². The number of hydrogen-bond acceptors (Lipinski definition) is 3. The average molecular weight is 240 g/mol. The van der Waals surface area contributed by atoms with E-state index in [4.69, 9.17) is 0 Å². The molecule has 1 rings (SSSR count). The van der Waals surface area contributed by atoms with Crippen LogP contribution in [-0.2, 0) is 11.2 Å². The molecule has 1 amide bonds. The van der Waals surface area contributed by atoms with E-state index in [0.717, 1.165) is 6.42 Å². The summed E-state index contributed by atoms with van der Waals surface area (Å²) in [6.45, 7) is 3.97. The first-order chi connectivity index (χ1) is 7.56. The van der Waals surface area contributed by atoms with Gasteiger partial charge in [0.05, 0.1) is 6.04 Å². The molecule has 90 valence electrons. The van der Waals surface area contributed by atoms with Gasteiger partial charge in [-0.25, -0.2) is 0 Å². The quantitative estimate of drug-likeness (QED) is 0.850. The van der Waals surface area contributed by atoms with Gasteiger partial charge in [0.25, 0.3) is 0 Å². The van der Waals surface area contributed by atoms with Gasteiger partial charge in [0, 0.05) is 24.4 Å². The Balaban J connectivity index is 2.53. The predicted octanol–water partition coefficient (Wildman–Crippen LogP) is 1.75. The van der Waals surface area contributed by atoms with Crippen molar-refractivity contribution in [2.75, 3.05) is 14.1 Å². The third-order valence-corrected chi connectivity index (χ3v) is 3.79. The standard InChI is InChI=1S/C12H20N2OS/c1-9(8-11-6-5-7-16-11)14(4)12(15)10(2)13-3/h5-7,9-10,13H,8H2,1-4H3. The predicted molar refractivity (Wildman–Crippen MR) is 68.8 cm³/mol. The molecule has 0 bridgehead atoms. The minimum Gasteiger partial charge on any atom is -0.341 e. The second-order valence-electron chi connectivity index (χ2n) is 4.09. The van der Waals surface area contributed by atoms with Gasteiger partial charge in [0.15, 0.2) is 0 Å². The second kappa shape index (κ2) is 6.01. The SMILES string of the molecule is CNC(C)C(=O)N(C)C(C)Cc1cccs1. The van der Waals surface area contributed by atoms with Crippen molar-refractivity contribution < 1.29 is 4.79 Å². The molecule has 0 aliphatic rings. The van der Waals surface area contributed by atoms with Gasteiger partial charge in [-0.2, -0.15) is 0 Å². The van der Waals surface area contributed by atoms with E-state index in [1.165, 1.54) is 4.88 Å². The highest BCUT2D eigenvalue weighted by Gasteiger charge is 2.20. The lowest BCUT2D eigenvalue weighted by molar-refractivity contribution is -0.133. The van der Waals surface area contributed by atoms with E-state index >= 15 is 0 Å². The van der Waals surface area contributed by atoms with Crippen LogP contribution in [0.25, 0.3) is 0 Å². The lowest BCUT2D eigenvalue weighted by Crippen LogP contribution is -2.46. The highest BCUT2D eigenvalue weighted by atomic mass is 32.1. The maximum Gasteiger partial charge on any atom is 0.239 e. The Morgan fingerprint density at radius 3 is 2.75 bits per heavy atom. The number of likely N-dealkylation sites (N-methyl/N-ethyl adjacent to an activating group) is 2. The molecule has 0 saturated heterocycles. The average Bonchev–Trinajstić information content (AvgIpc) is 2.78. The van der Waals surface area contributed by atoms with Gasteiger partial charge in [-0.15, -0.1) is 11.3 Å². The fourth-order valence-electron chi connectivity index (χ4n) is 1.50. The van der Waals surface area contributed by atoms with Crippen molar-refractivity contribution in [3.05, 3.63) is 22.4 Å². The topological polar surface area (TPSA) is 32.3 Å². The van der Waals surface area contributed by atoms with Crippen LogP contribution < -0.4 is 5.32 Å². The number of thiophene rings is 1. The first-order valence-corrected chi connectivity index (χ1v) is 6.40. The van der Waals surface area contributed by atoms with Crippen LogP contribution in [0.15, 0.2) is 17.5 Å². The maximum absolute atomic E-state index is 11.9. The van der Waals surface area contributed by atoms with Crippen LogP contribution >= 0.6 is 11.3 Å². The number of rotatable bonds is 5. The molecule has 0 aromatic carbocycles. The van der Waals surface area contributed by atoms with Crippen molar-refractivity contribution in [1.29, 1.82) is 0 Å². The van der Waals surface area contributed by atoms with Crippen LogP contribution in [0, 0.1) is 0 Å². The molecule has 1 aromatic heterocycles. The molecule has 1 heterocycles. The summed E-state index contributed by atoms with van der Waals surface area (Å²) in [6, 6.07) is 4.28. The minimum atomic E-state index is -0.115. The molecule has 1 aromatic rings. The zero-order valence-electron chi connectivity index (χ0n) is 10.4. The molecular formula is C12H20N2OS. The summed E-state index contributed by atoms with van der Waals surface area (Å²) >= 11 is 1.74. The monoisotopic (exact) mass is 240 g/mol. The smallest absolute Gasteiger partial charge is 0.239 e. The zero-order chi connectivity index (χ0) is 12.1. The summed E-state index contributed by atoms with van der Waals surface area (Å²) in [6.07, 6.45) is 0.927. The van der Waals surface area contributed by atoms with E-state index < -0.39 is 0 Å². The van der Waals surface area contributed by atoms with Crippen molar-refractivity contribution in [2.24, 2.45) is 0 Å². The van der Waals surface area contributed by atoms with Gasteiger partial charge in [0.1, 0.15) is 0 Å². The second-order valence-corrected chi connectivity index (χ2v) is 5.12. The Bertz CT molecular complexity index is 324. The van der Waals surface area contributed by atoms with Gasteiger partial charge in [-0.1, -0.05) is 6.07 Å². The Morgan fingerprint density at radius 2 is 2.25 bits per heavy atom. The van der Waals surface area contributed by atoms with Crippen LogP contribution in [-0.4, -0.2) is 37.0 Å². The molecule has 16 heavy (non-hydrogen) atoms. The molecule has 0 radical (unpaired) electrons. The summed E-state index contributed by atoms with van der Waals surface area (Å²) in [5.74, 6) is 0.145. The van der Waals surface area contributed by atoms with E-state index in [9.17, 15) is 4.79 Å². The van der Waals surface area contributed by atoms with E-state index in [-0.39, 0.29) is 18.0 Å². The summed E-state index contributed by atoms with van der Waals surface area (Å²) in [5, 5.41) is 5.04. The van der Waals surface area contributed by atoms with Crippen LogP contribution in [0.5, 0.6) is 0 Å². The van der Waals surface area contributed by atoms with Crippen molar-refractivity contribution >= 4 is 17.2 Å². The fourth-order valence-corrected chi connectivity index (χ4v) is 2.33. The Morgan fingerprint density at radius 1 is 1.56 bits per heavy atom. The largest absolute Gasteiger partial charge is 0.341 e. The summed E-state index contributed by atoms with van der Waals surface area (Å²) in [7, 11) is 3.68. The van der Waals surface area contributed by atoms with Gasteiger partial charge >= 0.3 is 0 Å². The molecule has 0 aliphatic heterocycles. The molecule has 1 N–H and O–H groups in total. The first kappa shape index (κ1) is 13.2. The van der Waals surface area contributed by atoms with E-state index in [1.807, 2.05) is 24.9 Å². The van der Waals surface area contributed by atoms with Gasteiger partial charge < -0.3 is 10.2 Å². The highest BCUT2D eigenvalue weighted by Crippen LogP contribution is 2.13. The summed E-state index contributed by atoms with van der Waals surface area (Å²) < 4.78 is 0. The minimum absolute atomic E-state index is 0.115. The number of carbonyl (C=O) groups excluding carboxylic acids is 1. The van der Waals surface area contributed by atoms with Crippen LogP contribution in [0.4, 0.5) is 0 Å². The molecule has 0 aliphatic carbocycles. The van der Waals surface area contributed by atoms with Crippen molar-refractivity contribution in [2.45, 2.75) is 32.4 Å². The Labute approximate surface area is 101 Å². The number of amides is 1. The molecule has 0 spiro atoms. The molecule has 0 fully saturated rings. The maximum atomic E-state index is 11.9. The number of hydrogen-bond donors (Lipinski definition) is 1. The number of nitrogens with zero attached hydrogens (tertiary/aromatic N) is 1. The fraction of sp³-hybridized carbons (Fsp3) is 0.583. The summed E-state index contributed by atoms with van der Waals surface area (Å²) in [5.41, 5.74) is 0. The van der Waals surface area contributed by atoms with Gasteiger partial charge in [-0.3, -0.25) is 4.79 Å². The number of carbonyl (C=O) groups is 1. The number of nitrogens with one attached hydrogen (secondary N) is 1. The van der Waals surface area contributed by atoms with Crippen LogP contribution in [0.1, 0.15) is 18.7 Å². The third kappa shape index (κ3) is 3.32. The normalized spacial score (nSPS) is 14.5.